The molecule has 0 bridgehead atoms. The second kappa shape index (κ2) is 8.06. The van der Waals surface area contributed by atoms with E-state index in [1.807, 2.05) is 41.2 Å². The number of amides is 1. The third kappa shape index (κ3) is 3.68. The smallest absolute Gasteiger partial charge is 0.230 e. The van der Waals surface area contributed by atoms with Gasteiger partial charge in [-0.1, -0.05) is 36.4 Å². The summed E-state index contributed by atoms with van der Waals surface area (Å²) in [7, 11) is 0. The van der Waals surface area contributed by atoms with Gasteiger partial charge in [0, 0.05) is 37.0 Å². The van der Waals surface area contributed by atoms with E-state index in [0.717, 1.165) is 5.56 Å². The Morgan fingerprint density at radius 2 is 2.00 bits per heavy atom. The summed E-state index contributed by atoms with van der Waals surface area (Å²) in [6, 6.07) is 16.1. The van der Waals surface area contributed by atoms with Crippen molar-refractivity contribution in [2.24, 2.45) is 0 Å². The van der Waals surface area contributed by atoms with Crippen molar-refractivity contribution in [3.63, 3.8) is 0 Å². The Morgan fingerprint density at radius 1 is 1.19 bits per heavy atom. The van der Waals surface area contributed by atoms with Crippen LogP contribution in [0.2, 0.25) is 0 Å². The third-order valence-corrected chi connectivity index (χ3v) is 6.25. The highest BCUT2D eigenvalue weighted by Crippen LogP contribution is 2.35. The van der Waals surface area contributed by atoms with Gasteiger partial charge in [0.25, 0.3) is 0 Å². The molecule has 0 saturated carbocycles. The van der Waals surface area contributed by atoms with Crippen LogP contribution < -0.4 is 5.32 Å². The SMILES string of the molecule is O=C(NC[C@@H](c1cccs1)n1cccn1)C1(c2ccccc2)CCOCC1. The summed E-state index contributed by atoms with van der Waals surface area (Å²) in [5, 5.41) is 9.66. The average molecular weight is 382 g/mol. The second-order valence-electron chi connectivity index (χ2n) is 6.79. The molecule has 1 aliphatic heterocycles. The van der Waals surface area contributed by atoms with Gasteiger partial charge in [-0.15, -0.1) is 11.3 Å². The van der Waals surface area contributed by atoms with Crippen molar-refractivity contribution in [3.05, 3.63) is 76.7 Å². The van der Waals surface area contributed by atoms with Crippen LogP contribution in [-0.4, -0.2) is 35.4 Å². The highest BCUT2D eigenvalue weighted by molar-refractivity contribution is 7.10. The first kappa shape index (κ1) is 17.9. The Kier molecular flexibility index (Phi) is 5.36. The molecule has 3 aromatic rings. The minimum absolute atomic E-state index is 0.00314. The molecule has 2 aromatic heterocycles. The first-order valence-electron chi connectivity index (χ1n) is 9.24. The Morgan fingerprint density at radius 3 is 2.67 bits per heavy atom. The summed E-state index contributed by atoms with van der Waals surface area (Å²) in [6.45, 7) is 1.72. The van der Waals surface area contributed by atoms with Crippen LogP contribution in [-0.2, 0) is 14.9 Å². The van der Waals surface area contributed by atoms with Gasteiger partial charge in [0.15, 0.2) is 0 Å². The van der Waals surface area contributed by atoms with Crippen molar-refractivity contribution in [1.29, 1.82) is 0 Å². The van der Waals surface area contributed by atoms with Gasteiger partial charge in [0.2, 0.25) is 5.91 Å². The molecule has 1 saturated heterocycles. The number of aromatic nitrogens is 2. The van der Waals surface area contributed by atoms with Crippen LogP contribution in [0.5, 0.6) is 0 Å². The Balaban J connectivity index is 1.56. The van der Waals surface area contributed by atoms with Gasteiger partial charge >= 0.3 is 0 Å². The number of carbonyl (C=O) groups is 1. The van der Waals surface area contributed by atoms with Crippen LogP contribution >= 0.6 is 11.3 Å². The van der Waals surface area contributed by atoms with E-state index in [-0.39, 0.29) is 11.9 Å². The average Bonchev–Trinajstić information content (AvgIpc) is 3.44. The lowest BCUT2D eigenvalue weighted by atomic mass is 9.73. The van der Waals surface area contributed by atoms with Gasteiger partial charge in [-0.2, -0.15) is 5.10 Å². The van der Waals surface area contributed by atoms with Crippen molar-refractivity contribution in [1.82, 2.24) is 15.1 Å². The number of rotatable bonds is 6. The molecule has 6 heteroatoms. The number of benzene rings is 1. The normalized spacial score (nSPS) is 17.3. The summed E-state index contributed by atoms with van der Waals surface area (Å²) in [5.41, 5.74) is 0.543. The lowest BCUT2D eigenvalue weighted by Gasteiger charge is -2.36. The lowest BCUT2D eigenvalue weighted by molar-refractivity contribution is -0.130. The molecule has 0 unspecified atom stereocenters. The van der Waals surface area contributed by atoms with E-state index in [1.165, 1.54) is 4.88 Å². The molecule has 4 rings (SSSR count). The first-order valence-corrected chi connectivity index (χ1v) is 10.1. The van der Waals surface area contributed by atoms with Crippen LogP contribution in [0, 0.1) is 0 Å². The number of nitrogens with one attached hydrogen (secondary N) is 1. The molecule has 27 heavy (non-hydrogen) atoms. The monoisotopic (exact) mass is 381 g/mol. The maximum atomic E-state index is 13.4. The molecule has 1 fully saturated rings. The molecule has 1 N–H and O–H groups in total. The predicted octanol–water partition coefficient (Wildman–Crippen LogP) is 3.40. The van der Waals surface area contributed by atoms with Crippen LogP contribution in [0.25, 0.3) is 0 Å². The molecule has 0 spiro atoms. The van der Waals surface area contributed by atoms with E-state index in [1.54, 1.807) is 17.5 Å². The quantitative estimate of drug-likeness (QED) is 0.712. The standard InChI is InChI=1S/C21H23N3O2S/c25-20(21(9-13-26-14-10-21)17-6-2-1-3-7-17)22-16-18(19-8-4-15-27-19)24-12-5-11-23-24/h1-8,11-12,15,18H,9-10,13-14,16H2,(H,22,25)/t18-/m0/s1. The van der Waals surface area contributed by atoms with Crippen molar-refractivity contribution in [2.75, 3.05) is 19.8 Å². The third-order valence-electron chi connectivity index (χ3n) is 5.28. The molecule has 0 radical (unpaired) electrons. The van der Waals surface area contributed by atoms with Gasteiger partial charge in [0.05, 0.1) is 5.41 Å². The zero-order chi connectivity index (χ0) is 18.5. The number of hydrogen-bond acceptors (Lipinski definition) is 4. The fourth-order valence-corrected chi connectivity index (χ4v) is 4.57. The fraction of sp³-hybridized carbons (Fsp3) is 0.333. The minimum atomic E-state index is -0.524. The zero-order valence-corrected chi connectivity index (χ0v) is 15.9. The second-order valence-corrected chi connectivity index (χ2v) is 7.77. The summed E-state index contributed by atoms with van der Waals surface area (Å²) in [4.78, 5) is 14.6. The molecular formula is C21H23N3O2S. The number of hydrogen-bond donors (Lipinski definition) is 1. The van der Waals surface area contributed by atoms with Crippen LogP contribution in [0.4, 0.5) is 0 Å². The Labute approximate surface area is 163 Å². The summed E-state index contributed by atoms with van der Waals surface area (Å²) in [5.74, 6) is 0.0747. The maximum absolute atomic E-state index is 13.4. The molecule has 140 valence electrons. The van der Waals surface area contributed by atoms with Gasteiger partial charge < -0.3 is 10.1 Å². The van der Waals surface area contributed by atoms with E-state index in [4.69, 9.17) is 4.74 Å². The highest BCUT2D eigenvalue weighted by Gasteiger charge is 2.41. The highest BCUT2D eigenvalue weighted by atomic mass is 32.1. The van der Waals surface area contributed by atoms with Gasteiger partial charge in [0.1, 0.15) is 6.04 Å². The lowest BCUT2D eigenvalue weighted by Crippen LogP contribution is -2.49. The molecule has 1 aromatic carbocycles. The molecule has 1 aliphatic rings. The van der Waals surface area contributed by atoms with Crippen molar-refractivity contribution >= 4 is 17.2 Å². The van der Waals surface area contributed by atoms with Crippen LogP contribution in [0.3, 0.4) is 0 Å². The largest absolute Gasteiger partial charge is 0.381 e. The molecular weight excluding hydrogens is 358 g/mol. The number of thiophene rings is 1. The number of ether oxygens (including phenoxy) is 1. The van der Waals surface area contributed by atoms with Crippen molar-refractivity contribution < 1.29 is 9.53 Å². The molecule has 0 aliphatic carbocycles. The van der Waals surface area contributed by atoms with Crippen molar-refractivity contribution in [3.8, 4) is 0 Å². The van der Waals surface area contributed by atoms with E-state index in [9.17, 15) is 4.79 Å². The summed E-state index contributed by atoms with van der Waals surface area (Å²) >= 11 is 1.68. The van der Waals surface area contributed by atoms with Gasteiger partial charge in [-0.3, -0.25) is 9.48 Å². The molecule has 5 nitrogen and oxygen atoms in total. The van der Waals surface area contributed by atoms with Gasteiger partial charge in [-0.05, 0) is 35.9 Å². The van der Waals surface area contributed by atoms with Crippen LogP contribution in [0.15, 0.2) is 66.3 Å². The number of nitrogens with zero attached hydrogens (tertiary/aromatic N) is 2. The topological polar surface area (TPSA) is 56.2 Å². The fourth-order valence-electron chi connectivity index (χ4n) is 3.75. The first-order chi connectivity index (χ1) is 13.3. The van der Waals surface area contributed by atoms with E-state index in [2.05, 4.69) is 34.0 Å². The number of carbonyl (C=O) groups excluding carboxylic acids is 1. The molecule has 3 heterocycles. The molecule has 1 atom stereocenters. The Bertz CT molecular complexity index is 807. The van der Waals surface area contributed by atoms with E-state index >= 15 is 0 Å². The summed E-state index contributed by atoms with van der Waals surface area (Å²) in [6.07, 6.45) is 5.12. The van der Waals surface area contributed by atoms with E-state index < -0.39 is 5.41 Å². The van der Waals surface area contributed by atoms with Crippen LogP contribution in [0.1, 0.15) is 29.3 Å². The Hall–Kier alpha value is -2.44. The van der Waals surface area contributed by atoms with Gasteiger partial charge in [-0.25, -0.2) is 0 Å². The van der Waals surface area contributed by atoms with E-state index in [0.29, 0.717) is 32.6 Å². The minimum Gasteiger partial charge on any atom is -0.381 e. The maximum Gasteiger partial charge on any atom is 0.230 e. The van der Waals surface area contributed by atoms with Crippen molar-refractivity contribution in [2.45, 2.75) is 24.3 Å². The predicted molar refractivity (Wildman–Crippen MR) is 106 cm³/mol. The molecule has 1 amide bonds. The zero-order valence-electron chi connectivity index (χ0n) is 15.1. The summed E-state index contributed by atoms with van der Waals surface area (Å²) < 4.78 is 7.46.